The lowest BCUT2D eigenvalue weighted by atomic mass is 10.1. The van der Waals surface area contributed by atoms with E-state index in [4.69, 9.17) is 4.74 Å². The molecule has 1 aliphatic heterocycles. The molecule has 3 heteroatoms. The van der Waals surface area contributed by atoms with E-state index >= 15 is 0 Å². The van der Waals surface area contributed by atoms with Gasteiger partial charge in [0.15, 0.2) is 0 Å². The predicted molar refractivity (Wildman–Crippen MR) is 71.3 cm³/mol. The van der Waals surface area contributed by atoms with Gasteiger partial charge in [-0.1, -0.05) is 20.3 Å². The highest BCUT2D eigenvalue weighted by atomic mass is 16.5. The summed E-state index contributed by atoms with van der Waals surface area (Å²) in [6.07, 6.45) is 7.10. The lowest BCUT2D eigenvalue weighted by molar-refractivity contribution is 0.0550. The van der Waals surface area contributed by atoms with Crippen molar-refractivity contribution >= 4 is 0 Å². The Morgan fingerprint density at radius 2 is 2.06 bits per heavy atom. The van der Waals surface area contributed by atoms with Crippen molar-refractivity contribution in [2.45, 2.75) is 64.1 Å². The third kappa shape index (κ3) is 3.43. The fourth-order valence-corrected chi connectivity index (χ4v) is 3.43. The number of hydrogen-bond acceptors (Lipinski definition) is 3. The molecule has 0 spiro atoms. The lowest BCUT2D eigenvalue weighted by Crippen LogP contribution is -2.49. The molecule has 100 valence electrons. The Labute approximate surface area is 106 Å². The molecule has 3 atom stereocenters. The second kappa shape index (κ2) is 6.72. The monoisotopic (exact) mass is 240 g/mol. The minimum absolute atomic E-state index is 0.498. The van der Waals surface area contributed by atoms with Crippen molar-refractivity contribution in [3.05, 3.63) is 0 Å². The van der Waals surface area contributed by atoms with Gasteiger partial charge in [0.1, 0.15) is 0 Å². The summed E-state index contributed by atoms with van der Waals surface area (Å²) in [7, 11) is 0. The number of likely N-dealkylation sites (N-methyl/N-ethyl adjacent to an activating group) is 2. The van der Waals surface area contributed by atoms with Crippen molar-refractivity contribution in [1.29, 1.82) is 0 Å². The summed E-state index contributed by atoms with van der Waals surface area (Å²) in [5, 5.41) is 3.65. The first-order chi connectivity index (χ1) is 8.35. The molecule has 0 bridgehead atoms. The van der Waals surface area contributed by atoms with Crippen molar-refractivity contribution in [3.63, 3.8) is 0 Å². The first-order valence-electron chi connectivity index (χ1n) is 7.44. The smallest absolute Gasteiger partial charge is 0.0702 e. The predicted octanol–water partition coefficient (Wildman–Crippen LogP) is 2.02. The Bertz CT molecular complexity index is 216. The fourth-order valence-electron chi connectivity index (χ4n) is 3.43. The van der Waals surface area contributed by atoms with Gasteiger partial charge in [0.25, 0.3) is 0 Å². The topological polar surface area (TPSA) is 24.5 Å². The Balaban J connectivity index is 1.87. The van der Waals surface area contributed by atoms with Gasteiger partial charge in [0.05, 0.1) is 6.10 Å². The van der Waals surface area contributed by atoms with Crippen LogP contribution in [0.4, 0.5) is 0 Å². The van der Waals surface area contributed by atoms with Gasteiger partial charge in [-0.15, -0.1) is 0 Å². The van der Waals surface area contributed by atoms with E-state index in [1.165, 1.54) is 32.1 Å². The van der Waals surface area contributed by atoms with Crippen LogP contribution in [-0.4, -0.2) is 49.3 Å². The summed E-state index contributed by atoms with van der Waals surface area (Å²) < 4.78 is 5.78. The molecule has 1 aliphatic carbocycles. The van der Waals surface area contributed by atoms with Gasteiger partial charge in [-0.3, -0.25) is 4.90 Å². The molecule has 1 saturated carbocycles. The van der Waals surface area contributed by atoms with Gasteiger partial charge in [0, 0.05) is 25.2 Å². The molecular formula is C14H28N2O. The first kappa shape index (κ1) is 13.3. The molecule has 0 radical (unpaired) electrons. The summed E-state index contributed by atoms with van der Waals surface area (Å²) >= 11 is 0. The van der Waals surface area contributed by atoms with Gasteiger partial charge < -0.3 is 10.1 Å². The van der Waals surface area contributed by atoms with Gasteiger partial charge in [-0.05, 0) is 38.8 Å². The molecule has 2 fully saturated rings. The normalized spacial score (nSPS) is 33.7. The van der Waals surface area contributed by atoms with E-state index in [0.717, 1.165) is 32.3 Å². The van der Waals surface area contributed by atoms with E-state index in [9.17, 15) is 0 Å². The van der Waals surface area contributed by atoms with Crippen LogP contribution in [0.25, 0.3) is 0 Å². The number of rotatable bonds is 6. The number of nitrogens with one attached hydrogen (secondary N) is 1. The van der Waals surface area contributed by atoms with Crippen LogP contribution in [-0.2, 0) is 4.74 Å². The molecular weight excluding hydrogens is 212 g/mol. The third-order valence-electron chi connectivity index (χ3n) is 4.28. The van der Waals surface area contributed by atoms with Gasteiger partial charge in [-0.25, -0.2) is 0 Å². The van der Waals surface area contributed by atoms with Crippen LogP contribution in [0.5, 0.6) is 0 Å². The van der Waals surface area contributed by atoms with E-state index in [1.807, 2.05) is 0 Å². The standard InChI is InChI=1S/C14H28N2O/c1-3-15-13-8-5-9-14(13)16(4-2)11-12-7-6-10-17-12/h12-15H,3-11H2,1-2H3. The zero-order valence-corrected chi connectivity index (χ0v) is 11.5. The molecule has 0 amide bonds. The lowest BCUT2D eigenvalue weighted by Gasteiger charge is -2.34. The van der Waals surface area contributed by atoms with Crippen LogP contribution in [0.2, 0.25) is 0 Å². The van der Waals surface area contributed by atoms with Crippen molar-refractivity contribution in [3.8, 4) is 0 Å². The Kier molecular flexibility index (Phi) is 5.26. The van der Waals surface area contributed by atoms with E-state index < -0.39 is 0 Å². The average molecular weight is 240 g/mol. The van der Waals surface area contributed by atoms with Crippen molar-refractivity contribution in [2.24, 2.45) is 0 Å². The number of hydrogen-bond donors (Lipinski definition) is 1. The molecule has 1 heterocycles. The minimum Gasteiger partial charge on any atom is -0.377 e. The summed E-state index contributed by atoms with van der Waals surface area (Å²) in [4.78, 5) is 2.65. The Morgan fingerprint density at radius 3 is 2.71 bits per heavy atom. The van der Waals surface area contributed by atoms with E-state index in [2.05, 4.69) is 24.1 Å². The average Bonchev–Trinajstić information content (AvgIpc) is 2.97. The third-order valence-corrected chi connectivity index (χ3v) is 4.28. The van der Waals surface area contributed by atoms with Crippen LogP contribution < -0.4 is 5.32 Å². The molecule has 1 saturated heterocycles. The second-order valence-corrected chi connectivity index (χ2v) is 5.39. The molecule has 3 nitrogen and oxygen atoms in total. The highest BCUT2D eigenvalue weighted by Crippen LogP contribution is 2.25. The van der Waals surface area contributed by atoms with Crippen LogP contribution in [0, 0.1) is 0 Å². The van der Waals surface area contributed by atoms with Crippen LogP contribution >= 0.6 is 0 Å². The summed E-state index contributed by atoms with van der Waals surface area (Å²) in [6, 6.07) is 1.45. The number of ether oxygens (including phenoxy) is 1. The van der Waals surface area contributed by atoms with Crippen LogP contribution in [0.3, 0.4) is 0 Å². The molecule has 0 aromatic heterocycles. The summed E-state index contributed by atoms with van der Waals surface area (Å²) in [6.45, 7) is 8.87. The van der Waals surface area contributed by atoms with E-state index in [1.54, 1.807) is 0 Å². The molecule has 0 aromatic carbocycles. The maximum atomic E-state index is 5.78. The number of nitrogens with zero attached hydrogens (tertiary/aromatic N) is 1. The highest BCUT2D eigenvalue weighted by Gasteiger charge is 2.32. The van der Waals surface area contributed by atoms with Crippen molar-refractivity contribution in [2.75, 3.05) is 26.2 Å². The van der Waals surface area contributed by atoms with E-state index in [0.29, 0.717) is 12.1 Å². The molecule has 17 heavy (non-hydrogen) atoms. The molecule has 0 aromatic rings. The SMILES string of the molecule is CCNC1CCCC1N(CC)CC1CCCO1. The zero-order valence-electron chi connectivity index (χ0n) is 11.5. The van der Waals surface area contributed by atoms with Gasteiger partial charge in [-0.2, -0.15) is 0 Å². The molecule has 2 aliphatic rings. The maximum Gasteiger partial charge on any atom is 0.0702 e. The van der Waals surface area contributed by atoms with Crippen molar-refractivity contribution in [1.82, 2.24) is 10.2 Å². The fraction of sp³-hybridized carbons (Fsp3) is 1.00. The van der Waals surface area contributed by atoms with Crippen LogP contribution in [0.15, 0.2) is 0 Å². The first-order valence-corrected chi connectivity index (χ1v) is 7.44. The Morgan fingerprint density at radius 1 is 1.18 bits per heavy atom. The molecule has 1 N–H and O–H groups in total. The maximum absolute atomic E-state index is 5.78. The summed E-state index contributed by atoms with van der Waals surface area (Å²) in [5.74, 6) is 0. The van der Waals surface area contributed by atoms with Crippen LogP contribution in [0.1, 0.15) is 46.0 Å². The zero-order chi connectivity index (χ0) is 12.1. The summed E-state index contributed by atoms with van der Waals surface area (Å²) in [5.41, 5.74) is 0. The molecule has 2 rings (SSSR count). The van der Waals surface area contributed by atoms with Gasteiger partial charge in [0.2, 0.25) is 0 Å². The largest absolute Gasteiger partial charge is 0.377 e. The Hall–Kier alpha value is -0.120. The van der Waals surface area contributed by atoms with E-state index in [-0.39, 0.29) is 0 Å². The van der Waals surface area contributed by atoms with Crippen molar-refractivity contribution < 1.29 is 4.74 Å². The quantitative estimate of drug-likeness (QED) is 0.769. The molecule has 3 unspecified atom stereocenters. The second-order valence-electron chi connectivity index (χ2n) is 5.39. The van der Waals surface area contributed by atoms with Gasteiger partial charge >= 0.3 is 0 Å². The minimum atomic E-state index is 0.498. The highest BCUT2D eigenvalue weighted by molar-refractivity contribution is 4.91.